The maximum Gasteiger partial charge on any atom is 0.333 e. The molecule has 7 aromatic rings. The number of pyridine rings is 2. The summed E-state index contributed by atoms with van der Waals surface area (Å²) in [6, 6.07) is 52.9. The van der Waals surface area contributed by atoms with Crippen molar-refractivity contribution in [2.45, 2.75) is 91.2 Å². The molecule has 0 spiro atoms. The van der Waals surface area contributed by atoms with E-state index in [-0.39, 0.29) is 53.1 Å². The Morgan fingerprint density at radius 2 is 0.780 bits per heavy atom. The number of alkyl halides is 1. The molecular weight excluding hydrogens is 1770 g/mol. The SMILES string of the molecule is C#CC#CC#CC#CC#CC#CC#CC#CC#CC#CC#CC#CC#CC#CC#CC#CC#CC#CC#CC#CC#CC#CC#CC#CC#CC#CC#CC.CC.CCOC(C)=O.O=C(CCl)c1ccccc1.O=C(C[N+]12CCC(CC1)[C@@H](OC(=O)C(Nc1ccccc1)c1ccc(=O)[nH]c1)C2)c1ccccc1.O=C(O[C@H]1CN2CCC1CC2)C(Nc1ccccc1)c1ccc(OCc2ccccc2)nc1. The summed E-state index contributed by atoms with van der Waals surface area (Å²) in [4.78, 5) is 81.6. The van der Waals surface area contributed by atoms with E-state index < -0.39 is 12.1 Å². The van der Waals surface area contributed by atoms with E-state index in [4.69, 9.17) is 32.2 Å². The van der Waals surface area contributed by atoms with Crippen molar-refractivity contribution in [3.8, 4) is 326 Å². The first-order valence-electron chi connectivity index (χ1n) is 43.4. The van der Waals surface area contributed by atoms with Crippen LogP contribution in [0.2, 0.25) is 0 Å². The summed E-state index contributed by atoms with van der Waals surface area (Å²) < 4.78 is 23.1. The number of hydrogen-bond acceptors (Lipinski definition) is 14. The molecule has 2 aromatic heterocycles. The van der Waals surface area contributed by atoms with Crippen molar-refractivity contribution < 1.29 is 47.4 Å². The standard InChI is InChI=1S/C55H4.C28H29N3O4.C27H29N3O3.C8H7ClO.C4H8O2.C2H6/c1-3-5-7-9-11-13-15-17-19-21-23-25-27-29-31-33-35-37-39-41-43-45-47-49-51-53-55-54-52-50-48-46-44-42-40-38-36-34-32-30-28-26-24-22-20-18-16-14-12-10-8-6-4-2;32-24(20-7-3-1-4-8-20)18-31-15-13-21(14-16-31)25(19-31)35-28(34)27(22-11-12-26(33)29-17-22)30-23-9-5-2-6-10-23;31-27(33-24-18-30-15-13-21(24)14-16-30)26(29-23-9-5-2-6-10-23)22-11-12-25(28-17-22)32-19-20-7-3-1-4-8-20;9-6-8(10)7-4-2-1-3-5-7;1-3-6-4(2)5;1-2/h1H,2H3;1-12,17,21,25,27,30H,13-16,18-19H2;1-12,17,21,24,26,29H,13-16,18-19H2;1-5H,6H2;3H2,1-2H3;1-2H3/p+1/t;21?,25-,27?,31?;24-,26?;;;/m.00.../s1. The number of rotatable bonds is 19. The fourth-order valence-electron chi connectivity index (χ4n) is 12.6. The Balaban J connectivity index is 0.000000304. The van der Waals surface area contributed by atoms with Gasteiger partial charge in [-0.15, -0.1) is 18.0 Å². The molecule has 4 atom stereocenters. The molecule has 6 aliphatic rings. The molecule has 13 rings (SSSR count). The molecule has 676 valence electrons. The maximum absolute atomic E-state index is 13.5. The molecule has 0 aliphatic carbocycles. The summed E-state index contributed by atoms with van der Waals surface area (Å²) in [6.45, 7) is 15.8. The number of H-pyrrole nitrogens is 1. The molecular formula is C124H84ClN6O10+. The van der Waals surface area contributed by atoms with E-state index in [1.54, 1.807) is 50.5 Å². The van der Waals surface area contributed by atoms with Crippen molar-refractivity contribution in [2.75, 3.05) is 68.9 Å². The lowest BCUT2D eigenvalue weighted by molar-refractivity contribution is -0.938. The van der Waals surface area contributed by atoms with Crippen LogP contribution >= 0.6 is 11.6 Å². The predicted molar refractivity (Wildman–Crippen MR) is 552 cm³/mol. The molecule has 6 saturated heterocycles. The van der Waals surface area contributed by atoms with Gasteiger partial charge < -0.3 is 39.0 Å². The number of carbonyl (C=O) groups excluding carboxylic acids is 5. The Bertz CT molecular complexity index is 7560. The highest BCUT2D eigenvalue weighted by atomic mass is 35.5. The van der Waals surface area contributed by atoms with Crippen LogP contribution in [0.3, 0.4) is 0 Å². The van der Waals surface area contributed by atoms with E-state index in [0.29, 0.717) is 59.6 Å². The Morgan fingerprint density at radius 3 is 1.10 bits per heavy atom. The zero-order valence-corrected chi connectivity index (χ0v) is 78.4. The number of carbonyl (C=O) groups is 5. The number of quaternary nitrogens is 1. The van der Waals surface area contributed by atoms with E-state index in [0.717, 1.165) is 86.5 Å². The van der Waals surface area contributed by atoms with Crippen LogP contribution in [0.5, 0.6) is 5.88 Å². The van der Waals surface area contributed by atoms with Crippen LogP contribution in [0.25, 0.3) is 0 Å². The molecule has 141 heavy (non-hydrogen) atoms. The Kier molecular flexibility index (Phi) is 54.7. The summed E-state index contributed by atoms with van der Waals surface area (Å²) in [7, 11) is 0. The number of fused-ring (bicyclic) bond motifs is 6. The molecule has 5 aromatic carbocycles. The van der Waals surface area contributed by atoms with Crippen molar-refractivity contribution in [2.24, 2.45) is 11.8 Å². The van der Waals surface area contributed by atoms with Gasteiger partial charge in [0.05, 0.1) is 25.6 Å². The van der Waals surface area contributed by atoms with E-state index in [2.05, 4.69) is 344 Å². The fraction of sp³-hybridized carbons (Fsp3) is 0.202. The lowest BCUT2D eigenvalue weighted by Gasteiger charge is -2.51. The molecule has 3 N–H and O–H groups in total. The van der Waals surface area contributed by atoms with E-state index >= 15 is 0 Å². The number of aromatic amines is 1. The fourth-order valence-corrected chi connectivity index (χ4v) is 12.7. The van der Waals surface area contributed by atoms with Gasteiger partial charge in [0, 0.05) is 304 Å². The van der Waals surface area contributed by atoms with Crippen molar-refractivity contribution in [3.05, 3.63) is 226 Å². The molecule has 17 heteroatoms. The molecule has 0 radical (unpaired) electrons. The summed E-state index contributed by atoms with van der Waals surface area (Å²) in [6.07, 6.45) is 12.0. The number of hydrogen-bond donors (Lipinski definition) is 3. The number of benzene rings is 5. The van der Waals surface area contributed by atoms with Crippen LogP contribution in [0.1, 0.15) is 110 Å². The van der Waals surface area contributed by atoms with Crippen molar-refractivity contribution in [1.29, 1.82) is 0 Å². The third-order valence-electron chi connectivity index (χ3n) is 18.7. The molecule has 6 fully saturated rings. The van der Waals surface area contributed by atoms with E-state index in [9.17, 15) is 28.8 Å². The average molecular weight is 1850 g/mol. The monoisotopic (exact) mass is 1850 g/mol. The van der Waals surface area contributed by atoms with Gasteiger partial charge in [0.2, 0.25) is 17.2 Å². The second-order valence-corrected chi connectivity index (χ2v) is 28.3. The number of nitrogens with zero attached hydrogens (tertiary/aromatic N) is 3. The predicted octanol–water partition coefficient (Wildman–Crippen LogP) is 12.4. The molecule has 6 aliphatic heterocycles. The Morgan fingerprint density at radius 1 is 0.440 bits per heavy atom. The van der Waals surface area contributed by atoms with Gasteiger partial charge in [0.15, 0.2) is 24.0 Å². The molecule has 8 heterocycles. The number of aromatic nitrogens is 2. The topological polar surface area (TPSA) is 195 Å². The lowest BCUT2D eigenvalue weighted by Crippen LogP contribution is -2.65. The Hall–Kier alpha value is -20.3. The molecule has 4 bridgehead atoms. The van der Waals surface area contributed by atoms with Gasteiger partial charge in [0.1, 0.15) is 25.8 Å². The normalized spacial score (nSPS) is 13.7. The number of esters is 3. The second-order valence-electron chi connectivity index (χ2n) is 28.0. The zero-order valence-electron chi connectivity index (χ0n) is 77.6. The number of piperidine rings is 6. The highest BCUT2D eigenvalue weighted by Gasteiger charge is 2.49. The van der Waals surface area contributed by atoms with Crippen LogP contribution in [-0.4, -0.2) is 119 Å². The number of anilines is 2. The minimum atomic E-state index is -0.760. The number of halogens is 1. The van der Waals surface area contributed by atoms with Gasteiger partial charge in [-0.2, -0.15) is 0 Å². The Labute approximate surface area is 833 Å². The van der Waals surface area contributed by atoms with Gasteiger partial charge in [-0.25, -0.2) is 14.6 Å². The molecule has 2 unspecified atom stereocenters. The van der Waals surface area contributed by atoms with E-state index in [1.165, 1.54) is 13.0 Å². The second kappa shape index (κ2) is 70.5. The molecule has 0 amide bonds. The van der Waals surface area contributed by atoms with Crippen LogP contribution < -0.4 is 20.9 Å². The first-order chi connectivity index (χ1) is 69.3. The van der Waals surface area contributed by atoms with Gasteiger partial charge in [-0.05, 0) is 182 Å². The third-order valence-corrected chi connectivity index (χ3v) is 19.0. The smallest absolute Gasteiger partial charge is 0.333 e. The number of ketones is 2. The number of nitrogens with one attached hydrogen (secondary N) is 3. The van der Waals surface area contributed by atoms with Gasteiger partial charge in [-0.3, -0.25) is 24.1 Å². The first-order valence-corrected chi connectivity index (χ1v) is 44.0. The quantitative estimate of drug-likeness (QED) is 0.0173. The van der Waals surface area contributed by atoms with Crippen LogP contribution in [-0.2, 0) is 35.2 Å². The van der Waals surface area contributed by atoms with Gasteiger partial charge in [0.25, 0.3) is 0 Å². The molecule has 16 nitrogen and oxygen atoms in total. The lowest BCUT2D eigenvalue weighted by atomic mass is 9.82. The van der Waals surface area contributed by atoms with Crippen LogP contribution in [0, 0.1) is 332 Å². The highest BCUT2D eigenvalue weighted by molar-refractivity contribution is 6.30. The maximum atomic E-state index is 13.5. The van der Waals surface area contributed by atoms with Crippen LogP contribution in [0.15, 0.2) is 193 Å². The summed E-state index contributed by atoms with van der Waals surface area (Å²) >= 11 is 5.34. The minimum Gasteiger partial charge on any atom is -0.473 e. The van der Waals surface area contributed by atoms with Gasteiger partial charge >= 0.3 is 17.9 Å². The van der Waals surface area contributed by atoms with E-state index in [1.807, 2.05) is 159 Å². The number of terminal acetylenes is 1. The largest absolute Gasteiger partial charge is 0.473 e. The summed E-state index contributed by atoms with van der Waals surface area (Å²) in [5.74, 6) is 132. The van der Waals surface area contributed by atoms with Crippen molar-refractivity contribution in [3.63, 3.8) is 0 Å². The number of para-hydroxylation sites is 2. The zero-order chi connectivity index (χ0) is 101. The minimum absolute atomic E-state index is 0.0257. The molecule has 0 saturated carbocycles. The number of ether oxygens (including phenoxy) is 4. The average Bonchev–Trinajstić information content (AvgIpc) is 0.767. The third kappa shape index (κ3) is 48.1. The highest BCUT2D eigenvalue weighted by Crippen LogP contribution is 2.37. The number of Topliss-reactive ketones (excluding diaryl/α,β-unsaturated/α-hetero) is 2. The van der Waals surface area contributed by atoms with Crippen LogP contribution in [0.4, 0.5) is 11.4 Å². The van der Waals surface area contributed by atoms with Gasteiger partial charge in [-0.1, -0.05) is 147 Å². The van der Waals surface area contributed by atoms with Crippen molar-refractivity contribution in [1.82, 2.24) is 14.9 Å². The summed E-state index contributed by atoms with van der Waals surface area (Å²) in [5, 5.41) is 6.59. The van der Waals surface area contributed by atoms with Crippen molar-refractivity contribution >= 4 is 52.5 Å². The summed E-state index contributed by atoms with van der Waals surface area (Å²) in [5.41, 5.74) is 5.27. The first kappa shape index (κ1) is 109.